The maximum atomic E-state index is 13.0. The normalized spacial score (nSPS) is 10.4. The lowest BCUT2D eigenvalue weighted by Gasteiger charge is -2.10. The zero-order valence-electron chi connectivity index (χ0n) is 9.69. The van der Waals surface area contributed by atoms with Crippen molar-refractivity contribution < 1.29 is 19.7 Å². The lowest BCUT2D eigenvalue weighted by molar-refractivity contribution is 0.365. The fourth-order valence-electron chi connectivity index (χ4n) is 1.56. The minimum atomic E-state index is -0.556. The van der Waals surface area contributed by atoms with Crippen LogP contribution in [0.15, 0.2) is 34.8 Å². The van der Waals surface area contributed by atoms with Gasteiger partial charge in [0.25, 0.3) is 0 Å². The summed E-state index contributed by atoms with van der Waals surface area (Å²) in [6.07, 6.45) is 0. The van der Waals surface area contributed by atoms with Gasteiger partial charge in [-0.3, -0.25) is 0 Å². The number of halogens is 2. The van der Waals surface area contributed by atoms with E-state index in [2.05, 4.69) is 21.2 Å². The third-order valence-corrected chi connectivity index (χ3v) is 3.22. The van der Waals surface area contributed by atoms with Crippen LogP contribution in [-0.2, 0) is 6.54 Å². The minimum absolute atomic E-state index is 0.220. The standard InChI is InChI=1S/C13H11BrFNO3/c14-9-5-8(2-3-10(9)15)16-6-7-1-4-11(17)13(19)12(7)18/h1-5,16-19H,6H2. The molecule has 0 saturated carbocycles. The predicted molar refractivity (Wildman–Crippen MR) is 72.9 cm³/mol. The second kappa shape index (κ2) is 5.36. The number of phenolic OH excluding ortho intramolecular Hbond substituents is 3. The number of hydrogen-bond acceptors (Lipinski definition) is 4. The molecule has 6 heteroatoms. The molecule has 0 heterocycles. The molecule has 0 aliphatic rings. The molecule has 0 aliphatic heterocycles. The maximum Gasteiger partial charge on any atom is 0.200 e. The maximum absolute atomic E-state index is 13.0. The first-order chi connectivity index (χ1) is 8.99. The van der Waals surface area contributed by atoms with Crippen molar-refractivity contribution in [3.05, 3.63) is 46.2 Å². The van der Waals surface area contributed by atoms with E-state index < -0.39 is 5.75 Å². The molecule has 100 valence electrons. The van der Waals surface area contributed by atoms with Crippen LogP contribution in [0.3, 0.4) is 0 Å². The van der Waals surface area contributed by atoms with Crippen LogP contribution in [0.2, 0.25) is 0 Å². The van der Waals surface area contributed by atoms with Gasteiger partial charge in [-0.05, 0) is 46.3 Å². The van der Waals surface area contributed by atoms with E-state index in [1.165, 1.54) is 18.2 Å². The predicted octanol–water partition coefficient (Wildman–Crippen LogP) is 3.32. The van der Waals surface area contributed by atoms with E-state index in [9.17, 15) is 19.7 Å². The van der Waals surface area contributed by atoms with Crippen molar-refractivity contribution in [2.24, 2.45) is 0 Å². The molecule has 0 radical (unpaired) electrons. The van der Waals surface area contributed by atoms with Crippen molar-refractivity contribution in [2.75, 3.05) is 5.32 Å². The Balaban J connectivity index is 2.14. The minimum Gasteiger partial charge on any atom is -0.504 e. The fourth-order valence-corrected chi connectivity index (χ4v) is 1.94. The number of hydrogen-bond donors (Lipinski definition) is 4. The summed E-state index contributed by atoms with van der Waals surface area (Å²) in [5, 5.41) is 31.2. The Hall–Kier alpha value is -1.95. The second-order valence-corrected chi connectivity index (χ2v) is 4.78. The summed E-state index contributed by atoms with van der Waals surface area (Å²) in [5.74, 6) is -1.69. The van der Waals surface area contributed by atoms with Gasteiger partial charge in [0.1, 0.15) is 5.82 Å². The molecule has 4 N–H and O–H groups in total. The molecule has 0 aliphatic carbocycles. The molecule has 0 atom stereocenters. The van der Waals surface area contributed by atoms with E-state index in [1.807, 2.05) is 0 Å². The summed E-state index contributed by atoms with van der Waals surface area (Å²) in [5.41, 5.74) is 1.07. The Bertz CT molecular complexity index is 619. The first-order valence-corrected chi connectivity index (χ1v) is 6.20. The highest BCUT2D eigenvalue weighted by molar-refractivity contribution is 9.10. The van der Waals surface area contributed by atoms with Gasteiger partial charge in [-0.15, -0.1) is 0 Å². The van der Waals surface area contributed by atoms with Gasteiger partial charge in [0.2, 0.25) is 5.75 Å². The molecule has 0 spiro atoms. The van der Waals surface area contributed by atoms with Crippen molar-refractivity contribution in [1.29, 1.82) is 0 Å². The number of benzene rings is 2. The van der Waals surface area contributed by atoms with Crippen LogP contribution < -0.4 is 5.32 Å². The molecular formula is C13H11BrFNO3. The largest absolute Gasteiger partial charge is 0.504 e. The molecule has 19 heavy (non-hydrogen) atoms. The summed E-state index contributed by atoms with van der Waals surface area (Å²) in [6.45, 7) is 0.220. The molecule has 2 rings (SSSR count). The number of anilines is 1. The first kappa shape index (κ1) is 13.5. The Morgan fingerprint density at radius 3 is 2.47 bits per heavy atom. The highest BCUT2D eigenvalue weighted by Crippen LogP contribution is 2.37. The van der Waals surface area contributed by atoms with Crippen LogP contribution in [-0.4, -0.2) is 15.3 Å². The van der Waals surface area contributed by atoms with Crippen molar-refractivity contribution in [2.45, 2.75) is 6.54 Å². The van der Waals surface area contributed by atoms with Crippen molar-refractivity contribution in [3.8, 4) is 17.2 Å². The van der Waals surface area contributed by atoms with Crippen LogP contribution in [0.4, 0.5) is 10.1 Å². The van der Waals surface area contributed by atoms with E-state index in [-0.39, 0.29) is 23.9 Å². The summed E-state index contributed by atoms with van der Waals surface area (Å²) in [6, 6.07) is 7.19. The Kier molecular flexibility index (Phi) is 3.80. The topological polar surface area (TPSA) is 72.7 Å². The van der Waals surface area contributed by atoms with Gasteiger partial charge in [0, 0.05) is 17.8 Å². The van der Waals surface area contributed by atoms with Crippen LogP contribution in [0, 0.1) is 5.82 Å². The lowest BCUT2D eigenvalue weighted by Crippen LogP contribution is -2.00. The molecule has 0 amide bonds. The highest BCUT2D eigenvalue weighted by atomic mass is 79.9. The zero-order valence-corrected chi connectivity index (χ0v) is 11.3. The van der Waals surface area contributed by atoms with Gasteiger partial charge < -0.3 is 20.6 Å². The smallest absolute Gasteiger partial charge is 0.200 e. The highest BCUT2D eigenvalue weighted by Gasteiger charge is 2.10. The summed E-state index contributed by atoms with van der Waals surface area (Å²) >= 11 is 3.07. The molecule has 0 aromatic heterocycles. The van der Waals surface area contributed by atoms with Gasteiger partial charge in [0.05, 0.1) is 4.47 Å². The van der Waals surface area contributed by atoms with E-state index in [4.69, 9.17) is 0 Å². The van der Waals surface area contributed by atoms with Crippen LogP contribution >= 0.6 is 15.9 Å². The first-order valence-electron chi connectivity index (χ1n) is 5.40. The van der Waals surface area contributed by atoms with Crippen LogP contribution in [0.1, 0.15) is 5.56 Å². The van der Waals surface area contributed by atoms with Gasteiger partial charge in [-0.25, -0.2) is 4.39 Å². The molecule has 2 aromatic rings. The lowest BCUT2D eigenvalue weighted by atomic mass is 10.1. The third kappa shape index (κ3) is 2.90. The Morgan fingerprint density at radius 2 is 1.79 bits per heavy atom. The van der Waals surface area contributed by atoms with Crippen molar-refractivity contribution >= 4 is 21.6 Å². The Labute approximate surface area is 117 Å². The van der Waals surface area contributed by atoms with E-state index >= 15 is 0 Å². The van der Waals surface area contributed by atoms with Gasteiger partial charge in [-0.1, -0.05) is 0 Å². The molecule has 0 bridgehead atoms. The average Bonchev–Trinajstić information content (AvgIpc) is 2.39. The van der Waals surface area contributed by atoms with Gasteiger partial charge in [0.15, 0.2) is 11.5 Å². The molecule has 2 aromatic carbocycles. The third-order valence-electron chi connectivity index (χ3n) is 2.62. The number of aromatic hydroxyl groups is 3. The van der Waals surface area contributed by atoms with Gasteiger partial charge in [-0.2, -0.15) is 0 Å². The second-order valence-electron chi connectivity index (χ2n) is 3.92. The van der Waals surface area contributed by atoms with Crippen molar-refractivity contribution in [3.63, 3.8) is 0 Å². The van der Waals surface area contributed by atoms with Crippen molar-refractivity contribution in [1.82, 2.24) is 0 Å². The average molecular weight is 328 g/mol. The van der Waals surface area contributed by atoms with E-state index in [0.717, 1.165) is 0 Å². The number of rotatable bonds is 3. The summed E-state index contributed by atoms with van der Waals surface area (Å²) in [7, 11) is 0. The van der Waals surface area contributed by atoms with Crippen LogP contribution in [0.5, 0.6) is 17.2 Å². The quantitative estimate of drug-likeness (QED) is 0.652. The van der Waals surface area contributed by atoms with Gasteiger partial charge >= 0.3 is 0 Å². The SMILES string of the molecule is Oc1ccc(CNc2ccc(F)c(Br)c2)c(O)c1O. The summed E-state index contributed by atoms with van der Waals surface area (Å²) < 4.78 is 13.4. The fraction of sp³-hybridized carbons (Fsp3) is 0.0769. The molecule has 0 fully saturated rings. The van der Waals surface area contributed by atoms with Crippen LogP contribution in [0.25, 0.3) is 0 Å². The molecule has 4 nitrogen and oxygen atoms in total. The zero-order chi connectivity index (χ0) is 14.0. The number of nitrogens with one attached hydrogen (secondary N) is 1. The summed E-state index contributed by atoms with van der Waals surface area (Å²) in [4.78, 5) is 0. The number of phenols is 3. The molecular weight excluding hydrogens is 317 g/mol. The monoisotopic (exact) mass is 327 g/mol. The van der Waals surface area contributed by atoms with E-state index in [0.29, 0.717) is 15.7 Å². The molecule has 0 unspecified atom stereocenters. The molecule has 0 saturated heterocycles. The van der Waals surface area contributed by atoms with E-state index in [1.54, 1.807) is 12.1 Å². The Morgan fingerprint density at radius 1 is 1.05 bits per heavy atom.